The van der Waals surface area contributed by atoms with Gasteiger partial charge in [0.15, 0.2) is 0 Å². The number of halogens is 1. The molecule has 0 amide bonds. The molecular weight excluding hydrogens is 352 g/mol. The van der Waals surface area contributed by atoms with Gasteiger partial charge in [-0.1, -0.05) is 32.0 Å². The Morgan fingerprint density at radius 3 is 2.42 bits per heavy atom. The lowest BCUT2D eigenvalue weighted by atomic mass is 10.0. The predicted molar refractivity (Wildman–Crippen MR) is 97.7 cm³/mol. The quantitative estimate of drug-likeness (QED) is 0.699. The molecule has 24 heavy (non-hydrogen) atoms. The van der Waals surface area contributed by atoms with Crippen LogP contribution in [0.2, 0.25) is 0 Å². The Morgan fingerprint density at radius 2 is 1.88 bits per heavy atom. The SMILES string of the molecule is COC(=O)c1ccccc1CS(=O)(=O)N(C)CCC(N)C(C)C.Cl. The minimum Gasteiger partial charge on any atom is -0.465 e. The first-order chi connectivity index (χ1) is 10.7. The van der Waals surface area contributed by atoms with E-state index in [-0.39, 0.29) is 29.8 Å². The number of rotatable bonds is 8. The highest BCUT2D eigenvalue weighted by Crippen LogP contribution is 2.16. The zero-order chi connectivity index (χ0) is 17.6. The number of methoxy groups -OCH3 is 1. The van der Waals surface area contributed by atoms with Crippen LogP contribution in [-0.4, -0.2) is 45.4 Å². The molecule has 1 atom stereocenters. The molecule has 0 aromatic heterocycles. The molecule has 0 aliphatic rings. The van der Waals surface area contributed by atoms with E-state index in [1.54, 1.807) is 24.3 Å². The Labute approximate surface area is 150 Å². The smallest absolute Gasteiger partial charge is 0.338 e. The summed E-state index contributed by atoms with van der Waals surface area (Å²) in [6.07, 6.45) is 0.589. The van der Waals surface area contributed by atoms with Crippen molar-refractivity contribution in [3.63, 3.8) is 0 Å². The van der Waals surface area contributed by atoms with Crippen LogP contribution in [0.1, 0.15) is 36.2 Å². The van der Waals surface area contributed by atoms with E-state index in [1.165, 1.54) is 18.5 Å². The third-order valence-corrected chi connectivity index (χ3v) is 5.68. The Bertz CT molecular complexity index is 635. The van der Waals surface area contributed by atoms with Crippen LogP contribution in [0.4, 0.5) is 0 Å². The van der Waals surface area contributed by atoms with Gasteiger partial charge in [-0.3, -0.25) is 0 Å². The summed E-state index contributed by atoms with van der Waals surface area (Å²) in [5.74, 6) is -0.488. The topological polar surface area (TPSA) is 89.7 Å². The molecule has 0 saturated carbocycles. The van der Waals surface area contributed by atoms with Crippen LogP contribution < -0.4 is 5.73 Å². The van der Waals surface area contributed by atoms with Crippen LogP contribution in [0.5, 0.6) is 0 Å². The van der Waals surface area contributed by atoms with Gasteiger partial charge in [-0.05, 0) is 24.0 Å². The Morgan fingerprint density at radius 1 is 1.29 bits per heavy atom. The lowest BCUT2D eigenvalue weighted by Crippen LogP contribution is -2.35. The summed E-state index contributed by atoms with van der Waals surface area (Å²) in [6, 6.07) is 6.51. The van der Waals surface area contributed by atoms with Gasteiger partial charge in [0.05, 0.1) is 18.4 Å². The summed E-state index contributed by atoms with van der Waals surface area (Å²) in [6.45, 7) is 4.36. The van der Waals surface area contributed by atoms with Crippen molar-refractivity contribution in [3.05, 3.63) is 35.4 Å². The summed E-state index contributed by atoms with van der Waals surface area (Å²) in [7, 11) is -0.727. The molecule has 0 aliphatic heterocycles. The molecule has 138 valence electrons. The van der Waals surface area contributed by atoms with Crippen LogP contribution in [-0.2, 0) is 20.5 Å². The highest BCUT2D eigenvalue weighted by molar-refractivity contribution is 7.88. The summed E-state index contributed by atoms with van der Waals surface area (Å²) in [5.41, 5.74) is 6.66. The zero-order valence-electron chi connectivity index (χ0n) is 14.6. The molecule has 0 aliphatic carbocycles. The molecule has 0 saturated heterocycles. The molecule has 2 N–H and O–H groups in total. The maximum atomic E-state index is 12.5. The second-order valence-corrected chi connectivity index (χ2v) is 8.00. The van der Waals surface area contributed by atoms with Crippen molar-refractivity contribution in [2.24, 2.45) is 11.7 Å². The predicted octanol–water partition coefficient (Wildman–Crippen LogP) is 2.03. The van der Waals surface area contributed by atoms with Gasteiger partial charge < -0.3 is 10.5 Å². The van der Waals surface area contributed by atoms with Gasteiger partial charge in [-0.25, -0.2) is 17.5 Å². The van der Waals surface area contributed by atoms with Gasteiger partial charge in [0.2, 0.25) is 10.0 Å². The van der Waals surface area contributed by atoms with Crippen molar-refractivity contribution in [2.45, 2.75) is 32.1 Å². The van der Waals surface area contributed by atoms with E-state index in [0.29, 0.717) is 24.4 Å². The molecule has 1 rings (SSSR count). The third-order valence-electron chi connectivity index (χ3n) is 3.87. The number of carbonyl (C=O) groups excluding carboxylic acids is 1. The molecule has 0 fully saturated rings. The minimum absolute atomic E-state index is 0. The van der Waals surface area contributed by atoms with Gasteiger partial charge in [0, 0.05) is 19.6 Å². The number of hydrogen-bond acceptors (Lipinski definition) is 5. The Balaban J connectivity index is 0.00000529. The number of esters is 1. The van der Waals surface area contributed by atoms with E-state index >= 15 is 0 Å². The van der Waals surface area contributed by atoms with Gasteiger partial charge in [0.1, 0.15) is 0 Å². The number of carbonyl (C=O) groups is 1. The average molecular weight is 379 g/mol. The van der Waals surface area contributed by atoms with Crippen molar-refractivity contribution in [1.82, 2.24) is 4.31 Å². The monoisotopic (exact) mass is 378 g/mol. The summed E-state index contributed by atoms with van der Waals surface area (Å²) < 4.78 is 30.9. The minimum atomic E-state index is -3.53. The number of benzene rings is 1. The number of ether oxygens (including phenoxy) is 1. The number of hydrogen-bond donors (Lipinski definition) is 1. The first kappa shape index (κ1) is 22.9. The van der Waals surface area contributed by atoms with E-state index in [1.807, 2.05) is 13.8 Å². The van der Waals surface area contributed by atoms with Gasteiger partial charge in [-0.15, -0.1) is 12.4 Å². The van der Waals surface area contributed by atoms with Crippen LogP contribution in [0.25, 0.3) is 0 Å². The van der Waals surface area contributed by atoms with Crippen LogP contribution in [0.15, 0.2) is 24.3 Å². The van der Waals surface area contributed by atoms with Gasteiger partial charge in [-0.2, -0.15) is 0 Å². The summed E-state index contributed by atoms with van der Waals surface area (Å²) in [4.78, 5) is 11.7. The summed E-state index contributed by atoms with van der Waals surface area (Å²) in [5, 5.41) is 0. The highest BCUT2D eigenvalue weighted by atomic mass is 35.5. The molecule has 1 aromatic rings. The van der Waals surface area contributed by atoms with E-state index < -0.39 is 16.0 Å². The molecule has 1 unspecified atom stereocenters. The summed E-state index contributed by atoms with van der Waals surface area (Å²) >= 11 is 0. The fraction of sp³-hybridized carbons (Fsp3) is 0.562. The molecule has 0 radical (unpaired) electrons. The van der Waals surface area contributed by atoms with E-state index in [2.05, 4.69) is 0 Å². The van der Waals surface area contributed by atoms with Gasteiger partial charge in [0.25, 0.3) is 0 Å². The molecule has 8 heteroatoms. The van der Waals surface area contributed by atoms with Crippen molar-refractivity contribution in [3.8, 4) is 0 Å². The first-order valence-corrected chi connectivity index (χ1v) is 9.15. The van der Waals surface area contributed by atoms with E-state index in [9.17, 15) is 13.2 Å². The van der Waals surface area contributed by atoms with Crippen molar-refractivity contribution < 1.29 is 17.9 Å². The number of nitrogens with zero attached hydrogens (tertiary/aromatic N) is 1. The molecule has 1 aromatic carbocycles. The largest absolute Gasteiger partial charge is 0.465 e. The third kappa shape index (κ3) is 6.39. The van der Waals surface area contributed by atoms with Crippen molar-refractivity contribution in [1.29, 1.82) is 0 Å². The molecule has 0 bridgehead atoms. The zero-order valence-corrected chi connectivity index (χ0v) is 16.2. The number of nitrogens with two attached hydrogens (primary N) is 1. The van der Waals surface area contributed by atoms with Crippen LogP contribution in [0, 0.1) is 5.92 Å². The highest BCUT2D eigenvalue weighted by Gasteiger charge is 2.22. The Hall–Kier alpha value is -1.15. The molecule has 6 nitrogen and oxygen atoms in total. The average Bonchev–Trinajstić information content (AvgIpc) is 2.51. The number of sulfonamides is 1. The second kappa shape index (κ2) is 9.98. The lowest BCUT2D eigenvalue weighted by Gasteiger charge is -2.21. The van der Waals surface area contributed by atoms with Crippen molar-refractivity contribution in [2.75, 3.05) is 20.7 Å². The Kier molecular flexibility index (Phi) is 9.50. The fourth-order valence-electron chi connectivity index (χ4n) is 2.07. The van der Waals surface area contributed by atoms with Gasteiger partial charge >= 0.3 is 5.97 Å². The normalized spacial score (nSPS) is 12.8. The maximum Gasteiger partial charge on any atom is 0.338 e. The molecule has 0 heterocycles. The first-order valence-electron chi connectivity index (χ1n) is 7.55. The maximum absolute atomic E-state index is 12.5. The lowest BCUT2D eigenvalue weighted by molar-refractivity contribution is 0.0600. The van der Waals surface area contributed by atoms with Crippen LogP contribution >= 0.6 is 12.4 Å². The van der Waals surface area contributed by atoms with E-state index in [0.717, 1.165) is 0 Å². The molecular formula is C16H27ClN2O4S. The van der Waals surface area contributed by atoms with E-state index in [4.69, 9.17) is 10.5 Å². The fourth-order valence-corrected chi connectivity index (χ4v) is 3.31. The second-order valence-electron chi connectivity index (χ2n) is 5.92. The molecule has 0 spiro atoms. The standard InChI is InChI=1S/C16H26N2O4S.ClH/c1-12(2)15(17)9-10-18(3)23(20,21)11-13-7-5-6-8-14(13)16(19)22-4;/h5-8,12,15H,9-11,17H2,1-4H3;1H. The van der Waals surface area contributed by atoms with Crippen LogP contribution in [0.3, 0.4) is 0 Å². The van der Waals surface area contributed by atoms with Crippen molar-refractivity contribution >= 4 is 28.4 Å².